The summed E-state index contributed by atoms with van der Waals surface area (Å²) in [5.74, 6) is 1.63. The normalized spacial score (nSPS) is 10.7. The summed E-state index contributed by atoms with van der Waals surface area (Å²) in [6.07, 6.45) is 8.77. The number of nitrogens with one attached hydrogen (secondary N) is 1. The zero-order chi connectivity index (χ0) is 24.9. The van der Waals surface area contributed by atoms with E-state index in [9.17, 15) is 4.79 Å². The Labute approximate surface area is 208 Å². The van der Waals surface area contributed by atoms with Gasteiger partial charge in [-0.1, -0.05) is 30.3 Å². The summed E-state index contributed by atoms with van der Waals surface area (Å²) < 4.78 is 14.3. The molecule has 0 saturated heterocycles. The summed E-state index contributed by atoms with van der Waals surface area (Å²) in [4.78, 5) is 21.8. The van der Waals surface area contributed by atoms with E-state index in [1.807, 2.05) is 77.6 Å². The standard InChI is InChI=1S/C27H24N6O3/c1-35-23-10-9-20(14-24(23)36-2)22-17-33(21-6-4-3-5-7-21)31-26(22)27(34)30-16-19-8-11-25(29-15-19)32-13-12-28-18-32/h3-15,17-18H,16H2,1-2H3,(H,30,34). The number of methoxy groups -OCH3 is 2. The van der Waals surface area contributed by atoms with Crippen LogP contribution in [-0.2, 0) is 6.54 Å². The fraction of sp³-hybridized carbons (Fsp3) is 0.111. The van der Waals surface area contributed by atoms with Gasteiger partial charge in [-0.3, -0.25) is 9.36 Å². The lowest BCUT2D eigenvalue weighted by Crippen LogP contribution is -2.24. The third kappa shape index (κ3) is 4.67. The molecule has 9 heteroatoms. The number of aromatic nitrogens is 5. The Morgan fingerprint density at radius 1 is 1.00 bits per heavy atom. The van der Waals surface area contributed by atoms with Crippen LogP contribution in [0.5, 0.6) is 11.5 Å². The first-order chi connectivity index (χ1) is 17.7. The van der Waals surface area contributed by atoms with Crippen LogP contribution in [0, 0.1) is 0 Å². The van der Waals surface area contributed by atoms with Crippen molar-refractivity contribution in [3.05, 3.63) is 103 Å². The van der Waals surface area contributed by atoms with E-state index in [4.69, 9.17) is 9.47 Å². The van der Waals surface area contributed by atoms with Crippen molar-refractivity contribution in [3.8, 4) is 34.1 Å². The molecule has 180 valence electrons. The molecule has 0 saturated carbocycles. The van der Waals surface area contributed by atoms with Gasteiger partial charge in [0.2, 0.25) is 0 Å². The number of ether oxygens (including phenoxy) is 2. The second kappa shape index (κ2) is 10.1. The van der Waals surface area contributed by atoms with Gasteiger partial charge < -0.3 is 14.8 Å². The van der Waals surface area contributed by atoms with Crippen LogP contribution in [0.1, 0.15) is 16.1 Å². The maximum atomic E-state index is 13.3. The number of hydrogen-bond acceptors (Lipinski definition) is 6. The van der Waals surface area contributed by atoms with E-state index in [1.54, 1.807) is 37.6 Å². The molecular formula is C27H24N6O3. The van der Waals surface area contributed by atoms with Crippen LogP contribution in [0.3, 0.4) is 0 Å². The van der Waals surface area contributed by atoms with E-state index in [2.05, 4.69) is 20.4 Å². The van der Waals surface area contributed by atoms with Crippen molar-refractivity contribution in [1.82, 2.24) is 29.6 Å². The number of carbonyl (C=O) groups excluding carboxylic acids is 1. The van der Waals surface area contributed by atoms with Gasteiger partial charge >= 0.3 is 0 Å². The molecule has 3 heterocycles. The maximum Gasteiger partial charge on any atom is 0.272 e. The minimum atomic E-state index is -0.298. The zero-order valence-electron chi connectivity index (χ0n) is 19.8. The van der Waals surface area contributed by atoms with Crippen molar-refractivity contribution in [2.24, 2.45) is 0 Å². The second-order valence-corrected chi connectivity index (χ2v) is 7.92. The summed E-state index contributed by atoms with van der Waals surface area (Å²) in [6, 6.07) is 19.0. The monoisotopic (exact) mass is 480 g/mol. The van der Waals surface area contributed by atoms with Crippen LogP contribution in [0.4, 0.5) is 0 Å². The number of benzene rings is 2. The van der Waals surface area contributed by atoms with E-state index in [0.29, 0.717) is 29.3 Å². The Kier molecular flexibility index (Phi) is 6.44. The minimum Gasteiger partial charge on any atom is -0.493 e. The van der Waals surface area contributed by atoms with E-state index in [1.165, 1.54) is 0 Å². The first-order valence-corrected chi connectivity index (χ1v) is 11.2. The Morgan fingerprint density at radius 2 is 1.83 bits per heavy atom. The largest absolute Gasteiger partial charge is 0.493 e. The first kappa shape index (κ1) is 22.9. The highest BCUT2D eigenvalue weighted by Gasteiger charge is 2.20. The van der Waals surface area contributed by atoms with Crippen molar-refractivity contribution in [2.75, 3.05) is 14.2 Å². The number of nitrogens with zero attached hydrogens (tertiary/aromatic N) is 5. The molecule has 0 atom stereocenters. The van der Waals surface area contributed by atoms with Gasteiger partial charge in [-0.25, -0.2) is 14.6 Å². The molecule has 0 radical (unpaired) electrons. The van der Waals surface area contributed by atoms with Crippen molar-refractivity contribution >= 4 is 5.91 Å². The topological polar surface area (TPSA) is 96.1 Å². The molecule has 0 unspecified atom stereocenters. The third-order valence-electron chi connectivity index (χ3n) is 5.68. The number of pyridine rings is 1. The van der Waals surface area contributed by atoms with Crippen LogP contribution in [0.25, 0.3) is 22.6 Å². The van der Waals surface area contributed by atoms with E-state index < -0.39 is 0 Å². The first-order valence-electron chi connectivity index (χ1n) is 11.2. The van der Waals surface area contributed by atoms with Crippen LogP contribution < -0.4 is 14.8 Å². The summed E-state index contributed by atoms with van der Waals surface area (Å²) >= 11 is 0. The molecule has 3 aromatic heterocycles. The average molecular weight is 481 g/mol. The third-order valence-corrected chi connectivity index (χ3v) is 5.68. The van der Waals surface area contributed by atoms with Crippen molar-refractivity contribution < 1.29 is 14.3 Å². The lowest BCUT2D eigenvalue weighted by Gasteiger charge is -2.10. The summed E-state index contributed by atoms with van der Waals surface area (Å²) in [5.41, 5.74) is 3.46. The van der Waals surface area contributed by atoms with Crippen molar-refractivity contribution in [3.63, 3.8) is 0 Å². The molecule has 2 aromatic carbocycles. The lowest BCUT2D eigenvalue weighted by atomic mass is 10.1. The van der Waals surface area contributed by atoms with Gasteiger partial charge in [-0.2, -0.15) is 5.10 Å². The molecule has 5 rings (SSSR count). The van der Waals surface area contributed by atoms with E-state index in [0.717, 1.165) is 22.6 Å². The molecule has 9 nitrogen and oxygen atoms in total. The van der Waals surface area contributed by atoms with E-state index >= 15 is 0 Å². The molecule has 0 fully saturated rings. The molecular weight excluding hydrogens is 456 g/mol. The van der Waals surface area contributed by atoms with Crippen LogP contribution in [0.2, 0.25) is 0 Å². The van der Waals surface area contributed by atoms with Gasteiger partial charge in [0.25, 0.3) is 5.91 Å². The number of carbonyl (C=O) groups is 1. The Hall–Kier alpha value is -4.92. The molecule has 0 aliphatic carbocycles. The van der Waals surface area contributed by atoms with Gasteiger partial charge in [0.05, 0.1) is 19.9 Å². The van der Waals surface area contributed by atoms with Crippen LogP contribution in [-0.4, -0.2) is 44.4 Å². The summed E-state index contributed by atoms with van der Waals surface area (Å²) in [6.45, 7) is 0.305. The van der Waals surface area contributed by atoms with Gasteiger partial charge in [-0.15, -0.1) is 0 Å². The van der Waals surface area contributed by atoms with Gasteiger partial charge in [0.1, 0.15) is 12.1 Å². The smallest absolute Gasteiger partial charge is 0.272 e. The SMILES string of the molecule is COc1ccc(-c2cn(-c3ccccc3)nc2C(=O)NCc2ccc(-n3ccnc3)nc2)cc1OC. The molecule has 5 aromatic rings. The number of hydrogen-bond donors (Lipinski definition) is 1. The fourth-order valence-corrected chi connectivity index (χ4v) is 3.80. The van der Waals surface area contributed by atoms with Crippen molar-refractivity contribution in [2.45, 2.75) is 6.54 Å². The molecule has 1 amide bonds. The highest BCUT2D eigenvalue weighted by Crippen LogP contribution is 2.34. The summed E-state index contributed by atoms with van der Waals surface area (Å²) in [5, 5.41) is 7.59. The molecule has 0 aliphatic rings. The number of imidazole rings is 1. The van der Waals surface area contributed by atoms with Gasteiger partial charge in [0.15, 0.2) is 17.2 Å². The Bertz CT molecular complexity index is 1460. The number of rotatable bonds is 8. The molecule has 36 heavy (non-hydrogen) atoms. The Balaban J connectivity index is 1.43. The van der Waals surface area contributed by atoms with Crippen LogP contribution >= 0.6 is 0 Å². The molecule has 1 N–H and O–H groups in total. The van der Waals surface area contributed by atoms with Crippen LogP contribution in [0.15, 0.2) is 91.8 Å². The minimum absolute atomic E-state index is 0.298. The van der Waals surface area contributed by atoms with E-state index in [-0.39, 0.29) is 5.91 Å². The fourth-order valence-electron chi connectivity index (χ4n) is 3.80. The molecule has 0 bridgehead atoms. The predicted molar refractivity (Wildman–Crippen MR) is 135 cm³/mol. The van der Waals surface area contributed by atoms with Gasteiger partial charge in [-0.05, 0) is 41.5 Å². The molecule has 0 spiro atoms. The summed E-state index contributed by atoms with van der Waals surface area (Å²) in [7, 11) is 3.16. The number of para-hydroxylation sites is 1. The lowest BCUT2D eigenvalue weighted by molar-refractivity contribution is 0.0946. The highest BCUT2D eigenvalue weighted by atomic mass is 16.5. The average Bonchev–Trinajstić information content (AvgIpc) is 3.63. The second-order valence-electron chi connectivity index (χ2n) is 7.92. The Morgan fingerprint density at radius 3 is 2.53 bits per heavy atom. The van der Waals surface area contributed by atoms with Gasteiger partial charge in [0, 0.05) is 36.9 Å². The van der Waals surface area contributed by atoms with Crippen molar-refractivity contribution in [1.29, 1.82) is 0 Å². The highest BCUT2D eigenvalue weighted by molar-refractivity contribution is 5.99. The zero-order valence-corrected chi connectivity index (χ0v) is 19.8. The predicted octanol–water partition coefficient (Wildman–Crippen LogP) is 4.07. The molecule has 0 aliphatic heterocycles. The number of amides is 1. The quantitative estimate of drug-likeness (QED) is 0.360. The maximum absolute atomic E-state index is 13.3.